The molecule has 2 aliphatic heterocycles. The van der Waals surface area contributed by atoms with Crippen LogP contribution in [0.25, 0.3) is 0 Å². The van der Waals surface area contributed by atoms with Crippen LogP contribution in [0.15, 0.2) is 0 Å². The maximum atomic E-state index is 6.10. The molecule has 0 saturated carbocycles. The highest BCUT2D eigenvalue weighted by Crippen LogP contribution is 2.31. The number of aromatic nitrogens is 3. The molecule has 3 rings (SSSR count). The van der Waals surface area contributed by atoms with Gasteiger partial charge in [0.15, 0.2) is 0 Å². The molecule has 0 unspecified atom stereocenters. The summed E-state index contributed by atoms with van der Waals surface area (Å²) in [5, 5.41) is 0.306. The van der Waals surface area contributed by atoms with E-state index in [2.05, 4.69) is 38.6 Å². The molecular weight excluding hydrogens is 274 g/mol. The fourth-order valence-electron chi connectivity index (χ4n) is 2.99. The maximum Gasteiger partial charge on any atom is 0.231 e. The van der Waals surface area contributed by atoms with Gasteiger partial charge in [-0.25, -0.2) is 0 Å². The molecule has 0 N–H and O–H groups in total. The topological polar surface area (TPSA) is 45.2 Å². The molecule has 5 nitrogen and oxygen atoms in total. The number of anilines is 2. The Morgan fingerprint density at radius 1 is 0.900 bits per heavy atom. The zero-order valence-corrected chi connectivity index (χ0v) is 13.0. The van der Waals surface area contributed by atoms with Crippen LogP contribution in [-0.4, -0.2) is 41.1 Å². The summed E-state index contributed by atoms with van der Waals surface area (Å²) in [7, 11) is 0. The molecule has 0 radical (unpaired) electrons. The normalized spacial score (nSPS) is 22.4. The zero-order valence-electron chi connectivity index (χ0n) is 12.3. The first-order chi connectivity index (χ1) is 9.53. The van der Waals surface area contributed by atoms with Crippen LogP contribution in [0.4, 0.5) is 11.9 Å². The first-order valence-corrected chi connectivity index (χ1v) is 7.83. The minimum Gasteiger partial charge on any atom is -0.341 e. The Morgan fingerprint density at radius 3 is 2.15 bits per heavy atom. The number of rotatable bonds is 2. The zero-order chi connectivity index (χ0) is 14.2. The second-order valence-electron chi connectivity index (χ2n) is 6.59. The highest BCUT2D eigenvalue weighted by molar-refractivity contribution is 6.28. The molecule has 0 amide bonds. The van der Waals surface area contributed by atoms with Crippen molar-refractivity contribution in [2.75, 3.05) is 36.0 Å². The summed E-state index contributed by atoms with van der Waals surface area (Å²) >= 11 is 6.10. The van der Waals surface area contributed by atoms with Gasteiger partial charge >= 0.3 is 0 Å². The molecule has 3 heterocycles. The average molecular weight is 296 g/mol. The summed E-state index contributed by atoms with van der Waals surface area (Å²) in [6.45, 7) is 8.57. The minimum atomic E-state index is 0.306. The quantitative estimate of drug-likeness (QED) is 0.839. The lowest BCUT2D eigenvalue weighted by molar-refractivity contribution is 0.418. The summed E-state index contributed by atoms with van der Waals surface area (Å²) in [5.74, 6) is 1.47. The van der Waals surface area contributed by atoms with Gasteiger partial charge in [0.05, 0.1) is 0 Å². The highest BCUT2D eigenvalue weighted by atomic mass is 35.5. The minimum absolute atomic E-state index is 0.306. The standard InChI is InChI=1S/C14H22ClN5/c1-14(2)6-9-20(10-14)13-17-11(15)16-12(18-13)19-7-4-3-5-8-19/h3-10H2,1-2H3. The van der Waals surface area contributed by atoms with E-state index in [0.717, 1.165) is 44.5 Å². The molecular formula is C14H22ClN5. The second kappa shape index (κ2) is 5.35. The van der Waals surface area contributed by atoms with Crippen LogP contribution in [0.5, 0.6) is 0 Å². The molecule has 2 saturated heterocycles. The van der Waals surface area contributed by atoms with Crippen molar-refractivity contribution in [3.05, 3.63) is 5.28 Å². The summed E-state index contributed by atoms with van der Waals surface area (Å²) < 4.78 is 0. The van der Waals surface area contributed by atoms with E-state index in [4.69, 9.17) is 11.6 Å². The fraction of sp³-hybridized carbons (Fsp3) is 0.786. The molecule has 110 valence electrons. The number of halogens is 1. The van der Waals surface area contributed by atoms with Gasteiger partial charge in [-0.3, -0.25) is 0 Å². The number of nitrogens with zero attached hydrogens (tertiary/aromatic N) is 5. The van der Waals surface area contributed by atoms with Crippen LogP contribution in [-0.2, 0) is 0 Å². The lowest BCUT2D eigenvalue weighted by atomic mass is 9.93. The van der Waals surface area contributed by atoms with Crippen molar-refractivity contribution in [3.8, 4) is 0 Å². The van der Waals surface area contributed by atoms with E-state index in [9.17, 15) is 0 Å². The molecule has 0 aromatic carbocycles. The maximum absolute atomic E-state index is 6.10. The van der Waals surface area contributed by atoms with Crippen molar-refractivity contribution < 1.29 is 0 Å². The van der Waals surface area contributed by atoms with Crippen LogP contribution < -0.4 is 9.80 Å². The Kier molecular flexibility index (Phi) is 3.71. The second-order valence-corrected chi connectivity index (χ2v) is 6.93. The van der Waals surface area contributed by atoms with E-state index in [1.165, 1.54) is 19.3 Å². The van der Waals surface area contributed by atoms with Crippen LogP contribution in [0.1, 0.15) is 39.5 Å². The van der Waals surface area contributed by atoms with Gasteiger partial charge in [-0.15, -0.1) is 0 Å². The van der Waals surface area contributed by atoms with Gasteiger partial charge < -0.3 is 9.80 Å². The van der Waals surface area contributed by atoms with Gasteiger partial charge in [0, 0.05) is 26.2 Å². The third-order valence-corrected chi connectivity index (χ3v) is 4.35. The summed E-state index contributed by atoms with van der Waals surface area (Å²) in [5.41, 5.74) is 0.324. The first-order valence-electron chi connectivity index (χ1n) is 7.45. The van der Waals surface area contributed by atoms with E-state index in [1.807, 2.05) is 0 Å². The van der Waals surface area contributed by atoms with E-state index < -0.39 is 0 Å². The molecule has 0 atom stereocenters. The van der Waals surface area contributed by atoms with E-state index in [1.54, 1.807) is 0 Å². The van der Waals surface area contributed by atoms with Crippen molar-refractivity contribution in [1.82, 2.24) is 15.0 Å². The van der Waals surface area contributed by atoms with Crippen molar-refractivity contribution >= 4 is 23.5 Å². The summed E-state index contributed by atoms with van der Waals surface area (Å²) in [6, 6.07) is 0. The van der Waals surface area contributed by atoms with Crippen LogP contribution >= 0.6 is 11.6 Å². The highest BCUT2D eigenvalue weighted by Gasteiger charge is 2.31. The Morgan fingerprint density at radius 2 is 1.55 bits per heavy atom. The molecule has 2 aliphatic rings. The summed E-state index contributed by atoms with van der Waals surface area (Å²) in [6.07, 6.45) is 4.86. The SMILES string of the molecule is CC1(C)CCN(c2nc(Cl)nc(N3CCCCC3)n2)C1. The Balaban J connectivity index is 1.83. The lowest BCUT2D eigenvalue weighted by Gasteiger charge is -2.27. The van der Waals surface area contributed by atoms with E-state index >= 15 is 0 Å². The molecule has 1 aromatic heterocycles. The van der Waals surface area contributed by atoms with Gasteiger partial charge in [-0.1, -0.05) is 13.8 Å². The number of hydrogen-bond donors (Lipinski definition) is 0. The largest absolute Gasteiger partial charge is 0.341 e. The third kappa shape index (κ3) is 2.97. The van der Waals surface area contributed by atoms with Crippen molar-refractivity contribution in [1.29, 1.82) is 0 Å². The van der Waals surface area contributed by atoms with Crippen LogP contribution in [0.3, 0.4) is 0 Å². The van der Waals surface area contributed by atoms with Crippen molar-refractivity contribution in [2.45, 2.75) is 39.5 Å². The number of hydrogen-bond acceptors (Lipinski definition) is 5. The predicted molar refractivity (Wildman–Crippen MR) is 81.5 cm³/mol. The molecule has 0 aliphatic carbocycles. The van der Waals surface area contributed by atoms with Crippen LogP contribution in [0, 0.1) is 5.41 Å². The lowest BCUT2D eigenvalue weighted by Crippen LogP contribution is -2.32. The van der Waals surface area contributed by atoms with Gasteiger partial charge in [-0.2, -0.15) is 15.0 Å². The van der Waals surface area contributed by atoms with Gasteiger partial charge in [-0.05, 0) is 42.7 Å². The van der Waals surface area contributed by atoms with Crippen LogP contribution in [0.2, 0.25) is 5.28 Å². The smallest absolute Gasteiger partial charge is 0.231 e. The molecule has 1 aromatic rings. The molecule has 6 heteroatoms. The molecule has 20 heavy (non-hydrogen) atoms. The van der Waals surface area contributed by atoms with Crippen molar-refractivity contribution in [2.24, 2.45) is 5.41 Å². The van der Waals surface area contributed by atoms with Gasteiger partial charge in [0.1, 0.15) is 0 Å². The predicted octanol–water partition coefficient (Wildman–Crippen LogP) is 2.75. The molecule has 0 spiro atoms. The Bertz CT molecular complexity index is 484. The Labute approximate surface area is 125 Å². The van der Waals surface area contributed by atoms with Crippen molar-refractivity contribution in [3.63, 3.8) is 0 Å². The third-order valence-electron chi connectivity index (χ3n) is 4.18. The monoisotopic (exact) mass is 295 g/mol. The Hall–Kier alpha value is -1.10. The van der Waals surface area contributed by atoms with E-state index in [0.29, 0.717) is 10.7 Å². The number of piperidine rings is 1. The average Bonchev–Trinajstić information content (AvgIpc) is 2.79. The fourth-order valence-corrected chi connectivity index (χ4v) is 3.14. The summed E-state index contributed by atoms with van der Waals surface area (Å²) in [4.78, 5) is 17.7. The van der Waals surface area contributed by atoms with Gasteiger partial charge in [0.2, 0.25) is 17.2 Å². The molecule has 2 fully saturated rings. The molecule has 0 bridgehead atoms. The first kappa shape index (κ1) is 13.9. The van der Waals surface area contributed by atoms with Gasteiger partial charge in [0.25, 0.3) is 0 Å². The van der Waals surface area contributed by atoms with E-state index in [-0.39, 0.29) is 0 Å².